The fourth-order valence-electron chi connectivity index (χ4n) is 3.80. The van der Waals surface area contributed by atoms with Crippen LogP contribution in [0.25, 0.3) is 10.9 Å². The Morgan fingerprint density at radius 1 is 1.00 bits per heavy atom. The molecule has 0 aliphatic heterocycles. The lowest BCUT2D eigenvalue weighted by Crippen LogP contribution is -2.36. The first-order chi connectivity index (χ1) is 17.0. The van der Waals surface area contributed by atoms with E-state index in [2.05, 4.69) is 10.3 Å². The van der Waals surface area contributed by atoms with Gasteiger partial charge in [0.05, 0.1) is 32.5 Å². The normalized spacial score (nSPS) is 10.7. The molecule has 0 fully saturated rings. The number of carbonyl (C=O) groups excluding carboxylic acids is 1. The van der Waals surface area contributed by atoms with Crippen LogP contribution in [0.2, 0.25) is 0 Å². The number of anilines is 1. The van der Waals surface area contributed by atoms with Crippen LogP contribution in [0.5, 0.6) is 11.5 Å². The number of aromatic amines is 1. The van der Waals surface area contributed by atoms with E-state index >= 15 is 0 Å². The van der Waals surface area contributed by atoms with Crippen molar-refractivity contribution in [1.82, 2.24) is 9.88 Å². The third-order valence-corrected chi connectivity index (χ3v) is 5.52. The number of rotatable bonds is 8. The van der Waals surface area contributed by atoms with Gasteiger partial charge in [-0.1, -0.05) is 30.3 Å². The van der Waals surface area contributed by atoms with E-state index in [9.17, 15) is 14.0 Å². The average molecular weight is 476 g/mol. The van der Waals surface area contributed by atoms with Crippen LogP contribution in [0.1, 0.15) is 18.1 Å². The van der Waals surface area contributed by atoms with Crippen LogP contribution in [0, 0.1) is 5.82 Å². The van der Waals surface area contributed by atoms with Gasteiger partial charge in [-0.15, -0.1) is 0 Å². The van der Waals surface area contributed by atoms with Crippen molar-refractivity contribution in [3.8, 4) is 11.5 Å². The first-order valence-electron chi connectivity index (χ1n) is 11.2. The molecule has 2 N–H and O–H groups in total. The summed E-state index contributed by atoms with van der Waals surface area (Å²) in [6.45, 7) is 2.54. The number of aromatic nitrogens is 1. The number of pyridine rings is 1. The zero-order valence-electron chi connectivity index (χ0n) is 19.5. The summed E-state index contributed by atoms with van der Waals surface area (Å²) in [5.41, 5.74) is 1.52. The van der Waals surface area contributed by atoms with E-state index in [0.717, 1.165) is 10.9 Å². The number of urea groups is 1. The summed E-state index contributed by atoms with van der Waals surface area (Å²) < 4.78 is 25.2. The number of fused-ring (bicyclic) bond motifs is 1. The van der Waals surface area contributed by atoms with Gasteiger partial charge >= 0.3 is 6.03 Å². The molecule has 0 saturated carbocycles. The van der Waals surface area contributed by atoms with Gasteiger partial charge in [0.15, 0.2) is 0 Å². The van der Waals surface area contributed by atoms with Crippen molar-refractivity contribution in [3.05, 3.63) is 100 Å². The highest BCUT2D eigenvalue weighted by atomic mass is 19.1. The molecule has 8 heteroatoms. The van der Waals surface area contributed by atoms with Gasteiger partial charge in [-0.25, -0.2) is 9.18 Å². The lowest BCUT2D eigenvalue weighted by Gasteiger charge is -2.24. The van der Waals surface area contributed by atoms with Crippen molar-refractivity contribution < 1.29 is 18.7 Å². The third-order valence-electron chi connectivity index (χ3n) is 5.52. The Hall–Kier alpha value is -4.33. The number of halogens is 1. The Labute approximate surface area is 202 Å². The third kappa shape index (κ3) is 5.60. The van der Waals surface area contributed by atoms with E-state index in [1.54, 1.807) is 43.5 Å². The second kappa shape index (κ2) is 10.7. The fraction of sp³-hybridized carbons (Fsp3) is 0.185. The van der Waals surface area contributed by atoms with Crippen LogP contribution in [0.3, 0.4) is 0 Å². The summed E-state index contributed by atoms with van der Waals surface area (Å²) in [6.07, 6.45) is 0. The van der Waals surface area contributed by atoms with Crippen LogP contribution in [0.15, 0.2) is 77.6 Å². The fourth-order valence-corrected chi connectivity index (χ4v) is 3.80. The van der Waals surface area contributed by atoms with Gasteiger partial charge in [-0.2, -0.15) is 0 Å². The SMILES string of the molecule is CCOc1ccc2[nH]c(=O)c(CN(Cc3ccccc3OC)C(=O)Nc3ccccc3F)cc2c1. The molecule has 4 aromatic rings. The maximum absolute atomic E-state index is 14.2. The number of hydrogen-bond donors (Lipinski definition) is 2. The number of H-pyrrole nitrogens is 1. The molecule has 4 rings (SSSR count). The Morgan fingerprint density at radius 3 is 2.51 bits per heavy atom. The van der Waals surface area contributed by atoms with Crippen LogP contribution >= 0.6 is 0 Å². The van der Waals surface area contributed by atoms with Crippen molar-refractivity contribution in [2.45, 2.75) is 20.0 Å². The second-order valence-electron chi connectivity index (χ2n) is 7.88. The monoisotopic (exact) mass is 475 g/mol. The van der Waals surface area contributed by atoms with Gasteiger partial charge in [0.2, 0.25) is 0 Å². The maximum atomic E-state index is 14.2. The molecule has 7 nitrogen and oxygen atoms in total. The Bertz CT molecular complexity index is 1400. The predicted octanol–water partition coefficient (Wildman–Crippen LogP) is 5.31. The minimum Gasteiger partial charge on any atom is -0.496 e. The van der Waals surface area contributed by atoms with Crippen molar-refractivity contribution in [2.24, 2.45) is 0 Å². The van der Waals surface area contributed by atoms with E-state index in [4.69, 9.17) is 9.47 Å². The van der Waals surface area contributed by atoms with E-state index in [0.29, 0.717) is 29.2 Å². The molecule has 180 valence electrons. The Kier molecular flexibility index (Phi) is 7.30. The highest BCUT2D eigenvalue weighted by molar-refractivity contribution is 5.89. The average Bonchev–Trinajstić information content (AvgIpc) is 2.86. The number of carbonyl (C=O) groups is 1. The van der Waals surface area contributed by atoms with Crippen LogP contribution in [-0.4, -0.2) is 29.6 Å². The number of hydrogen-bond acceptors (Lipinski definition) is 4. The number of nitrogens with zero attached hydrogens (tertiary/aromatic N) is 1. The van der Waals surface area contributed by atoms with E-state index in [1.165, 1.54) is 17.0 Å². The van der Waals surface area contributed by atoms with Gasteiger partial charge in [-0.05, 0) is 49.4 Å². The molecule has 1 heterocycles. The van der Waals surface area contributed by atoms with E-state index in [1.807, 2.05) is 31.2 Å². The highest BCUT2D eigenvalue weighted by Gasteiger charge is 2.20. The van der Waals surface area contributed by atoms with Crippen LogP contribution in [-0.2, 0) is 13.1 Å². The zero-order chi connectivity index (χ0) is 24.8. The van der Waals surface area contributed by atoms with Crippen LogP contribution < -0.4 is 20.3 Å². The van der Waals surface area contributed by atoms with Crippen molar-refractivity contribution in [3.63, 3.8) is 0 Å². The molecule has 3 aromatic carbocycles. The molecule has 0 spiro atoms. The molecule has 0 atom stereocenters. The predicted molar refractivity (Wildman–Crippen MR) is 133 cm³/mol. The van der Waals surface area contributed by atoms with Crippen molar-refractivity contribution in [2.75, 3.05) is 19.0 Å². The van der Waals surface area contributed by atoms with E-state index in [-0.39, 0.29) is 24.3 Å². The molecule has 0 unspecified atom stereocenters. The van der Waals surface area contributed by atoms with Crippen LogP contribution in [0.4, 0.5) is 14.9 Å². The lowest BCUT2D eigenvalue weighted by molar-refractivity contribution is 0.205. The molecule has 0 aliphatic rings. The summed E-state index contributed by atoms with van der Waals surface area (Å²) in [5.74, 6) is 0.733. The maximum Gasteiger partial charge on any atom is 0.322 e. The molecular formula is C27H26FN3O4. The van der Waals surface area contributed by atoms with Gasteiger partial charge in [0, 0.05) is 22.0 Å². The quantitative estimate of drug-likeness (QED) is 0.362. The lowest BCUT2D eigenvalue weighted by atomic mass is 10.1. The number of ether oxygens (including phenoxy) is 2. The van der Waals surface area contributed by atoms with Gasteiger partial charge in [0.25, 0.3) is 5.56 Å². The number of para-hydroxylation sites is 2. The Balaban J connectivity index is 1.69. The van der Waals surface area contributed by atoms with Gasteiger partial charge in [0.1, 0.15) is 17.3 Å². The number of methoxy groups -OCH3 is 1. The molecule has 1 aromatic heterocycles. The van der Waals surface area contributed by atoms with Gasteiger partial charge < -0.3 is 24.7 Å². The smallest absolute Gasteiger partial charge is 0.322 e. The largest absolute Gasteiger partial charge is 0.496 e. The highest BCUT2D eigenvalue weighted by Crippen LogP contribution is 2.23. The molecule has 0 saturated heterocycles. The topological polar surface area (TPSA) is 83.7 Å². The first-order valence-corrected chi connectivity index (χ1v) is 11.2. The number of amides is 2. The molecule has 0 radical (unpaired) electrons. The van der Waals surface area contributed by atoms with Crippen molar-refractivity contribution >= 4 is 22.6 Å². The molecule has 0 aliphatic carbocycles. The summed E-state index contributed by atoms with van der Waals surface area (Å²) in [5, 5.41) is 3.38. The number of nitrogens with one attached hydrogen (secondary N) is 2. The second-order valence-corrected chi connectivity index (χ2v) is 7.88. The Morgan fingerprint density at radius 2 is 1.74 bits per heavy atom. The van der Waals surface area contributed by atoms with E-state index < -0.39 is 11.8 Å². The minimum absolute atomic E-state index is 0.0114. The molecule has 0 bridgehead atoms. The summed E-state index contributed by atoms with van der Waals surface area (Å²) in [6, 6.07) is 19.8. The summed E-state index contributed by atoms with van der Waals surface area (Å²) >= 11 is 0. The molecular weight excluding hydrogens is 449 g/mol. The number of benzene rings is 3. The van der Waals surface area contributed by atoms with Gasteiger partial charge in [-0.3, -0.25) is 4.79 Å². The standard InChI is InChI=1S/C27H26FN3O4/c1-3-35-21-12-13-23-19(15-21)14-20(26(32)29-23)17-31(16-18-8-4-7-11-25(18)34-2)27(33)30-24-10-6-5-9-22(24)28/h4-15H,3,16-17H2,1-2H3,(H,29,32)(H,30,33). The zero-order valence-corrected chi connectivity index (χ0v) is 19.5. The molecule has 35 heavy (non-hydrogen) atoms. The minimum atomic E-state index is -0.552. The first kappa shape index (κ1) is 23.8. The van der Waals surface area contributed by atoms with Crippen molar-refractivity contribution in [1.29, 1.82) is 0 Å². The molecule has 2 amide bonds. The summed E-state index contributed by atoms with van der Waals surface area (Å²) in [7, 11) is 1.55. The summed E-state index contributed by atoms with van der Waals surface area (Å²) in [4.78, 5) is 30.4.